The molecule has 1 N–H and O–H groups in total. The van der Waals surface area contributed by atoms with Crippen LogP contribution in [0.5, 0.6) is 0 Å². The second-order valence-corrected chi connectivity index (χ2v) is 5.46. The van der Waals surface area contributed by atoms with Crippen LogP contribution in [-0.4, -0.2) is 39.8 Å². The number of hydrogen-bond donors (Lipinski definition) is 1. The summed E-state index contributed by atoms with van der Waals surface area (Å²) in [6, 6.07) is 5.02. The Bertz CT molecular complexity index is 542. The first-order valence-corrected chi connectivity index (χ1v) is 7.04. The summed E-state index contributed by atoms with van der Waals surface area (Å²) in [4.78, 5) is 7.07. The zero-order chi connectivity index (χ0) is 13.2. The third-order valence-corrected chi connectivity index (χ3v) is 3.74. The van der Waals surface area contributed by atoms with Crippen LogP contribution in [0.15, 0.2) is 24.5 Å². The lowest BCUT2D eigenvalue weighted by atomic mass is 10.2. The van der Waals surface area contributed by atoms with Crippen LogP contribution in [0, 0.1) is 0 Å². The maximum Gasteiger partial charge on any atom is 0.157 e. The Hall–Kier alpha value is -1.62. The molecule has 0 aliphatic carbocycles. The van der Waals surface area contributed by atoms with Gasteiger partial charge in [-0.25, -0.2) is 9.50 Å². The Balaban J connectivity index is 1.85. The Morgan fingerprint density at radius 3 is 3.11 bits per heavy atom. The van der Waals surface area contributed by atoms with Gasteiger partial charge in [-0.2, -0.15) is 5.10 Å². The molecule has 2 aromatic rings. The molecule has 1 unspecified atom stereocenters. The summed E-state index contributed by atoms with van der Waals surface area (Å²) in [5, 5.41) is 7.75. The van der Waals surface area contributed by atoms with Crippen molar-refractivity contribution in [2.45, 2.75) is 38.8 Å². The average Bonchev–Trinajstić information content (AvgIpc) is 3.05. The standard InChI is InChI=1S/C14H21N5/c1-11(2)18(10-12-4-3-7-15-12)13-6-9-19-14(17-13)5-8-16-19/h5-6,8-9,11-12,15H,3-4,7,10H2,1-2H3. The molecule has 19 heavy (non-hydrogen) atoms. The molecule has 0 saturated carbocycles. The quantitative estimate of drug-likeness (QED) is 0.907. The molecule has 1 saturated heterocycles. The van der Waals surface area contributed by atoms with E-state index in [9.17, 15) is 0 Å². The lowest BCUT2D eigenvalue weighted by Crippen LogP contribution is -2.41. The lowest BCUT2D eigenvalue weighted by Gasteiger charge is -2.30. The smallest absolute Gasteiger partial charge is 0.157 e. The van der Waals surface area contributed by atoms with E-state index in [0.717, 1.165) is 24.6 Å². The zero-order valence-electron chi connectivity index (χ0n) is 11.6. The van der Waals surface area contributed by atoms with Crippen LogP contribution in [0.4, 0.5) is 5.82 Å². The first kappa shape index (κ1) is 12.4. The van der Waals surface area contributed by atoms with Gasteiger partial charge < -0.3 is 10.2 Å². The van der Waals surface area contributed by atoms with Crippen LogP contribution >= 0.6 is 0 Å². The van der Waals surface area contributed by atoms with Gasteiger partial charge in [-0.3, -0.25) is 0 Å². The lowest BCUT2D eigenvalue weighted by molar-refractivity contribution is 0.549. The SMILES string of the molecule is CC(C)N(CC1CCCN1)c1ccn2nccc2n1. The molecule has 1 aliphatic rings. The fraction of sp³-hybridized carbons (Fsp3) is 0.571. The van der Waals surface area contributed by atoms with Crippen LogP contribution in [0.2, 0.25) is 0 Å². The highest BCUT2D eigenvalue weighted by molar-refractivity contribution is 5.48. The Labute approximate surface area is 113 Å². The van der Waals surface area contributed by atoms with Crippen molar-refractivity contribution >= 4 is 11.5 Å². The molecule has 5 heteroatoms. The summed E-state index contributed by atoms with van der Waals surface area (Å²) in [5.74, 6) is 1.04. The number of aromatic nitrogens is 3. The Kier molecular flexibility index (Phi) is 3.38. The van der Waals surface area contributed by atoms with Crippen LogP contribution in [0.1, 0.15) is 26.7 Å². The molecule has 1 fully saturated rings. The minimum absolute atomic E-state index is 0.445. The van der Waals surface area contributed by atoms with Crippen molar-refractivity contribution in [2.24, 2.45) is 0 Å². The summed E-state index contributed by atoms with van der Waals surface area (Å²) in [5.41, 5.74) is 0.905. The van der Waals surface area contributed by atoms with Gasteiger partial charge in [0.2, 0.25) is 0 Å². The topological polar surface area (TPSA) is 45.5 Å². The highest BCUT2D eigenvalue weighted by Gasteiger charge is 2.20. The number of nitrogens with zero attached hydrogens (tertiary/aromatic N) is 4. The van der Waals surface area contributed by atoms with Crippen molar-refractivity contribution in [2.75, 3.05) is 18.0 Å². The molecule has 0 bridgehead atoms. The maximum atomic E-state index is 4.70. The fourth-order valence-electron chi connectivity index (χ4n) is 2.68. The fourth-order valence-corrected chi connectivity index (χ4v) is 2.68. The highest BCUT2D eigenvalue weighted by atomic mass is 15.3. The molecule has 0 radical (unpaired) electrons. The second-order valence-electron chi connectivity index (χ2n) is 5.46. The Morgan fingerprint density at radius 1 is 1.47 bits per heavy atom. The predicted octanol–water partition coefficient (Wildman–Crippen LogP) is 1.70. The van der Waals surface area contributed by atoms with E-state index in [1.165, 1.54) is 12.8 Å². The number of anilines is 1. The van der Waals surface area contributed by atoms with Crippen LogP contribution in [0.3, 0.4) is 0 Å². The molecule has 0 spiro atoms. The minimum Gasteiger partial charge on any atom is -0.353 e. The van der Waals surface area contributed by atoms with E-state index in [0.29, 0.717) is 12.1 Å². The molecular formula is C14H21N5. The molecule has 102 valence electrons. The minimum atomic E-state index is 0.445. The predicted molar refractivity (Wildman–Crippen MR) is 76.5 cm³/mol. The van der Waals surface area contributed by atoms with Gasteiger partial charge in [0.25, 0.3) is 0 Å². The molecule has 2 aromatic heterocycles. The first-order valence-electron chi connectivity index (χ1n) is 7.04. The van der Waals surface area contributed by atoms with E-state index < -0.39 is 0 Å². The molecule has 1 aliphatic heterocycles. The molecule has 3 rings (SSSR count). The van der Waals surface area contributed by atoms with E-state index in [1.807, 2.05) is 12.3 Å². The number of rotatable bonds is 4. The molecule has 0 amide bonds. The second kappa shape index (κ2) is 5.17. The maximum absolute atomic E-state index is 4.70. The van der Waals surface area contributed by atoms with Crippen LogP contribution in [0.25, 0.3) is 5.65 Å². The number of hydrogen-bond acceptors (Lipinski definition) is 4. The van der Waals surface area contributed by atoms with Crippen molar-refractivity contribution < 1.29 is 0 Å². The van der Waals surface area contributed by atoms with Crippen LogP contribution < -0.4 is 10.2 Å². The van der Waals surface area contributed by atoms with Gasteiger partial charge in [-0.1, -0.05) is 0 Å². The summed E-state index contributed by atoms with van der Waals surface area (Å²) < 4.78 is 1.80. The first-order chi connectivity index (χ1) is 9.24. The van der Waals surface area contributed by atoms with Gasteiger partial charge in [0.15, 0.2) is 5.65 Å². The average molecular weight is 259 g/mol. The zero-order valence-corrected chi connectivity index (χ0v) is 11.6. The number of fused-ring (bicyclic) bond motifs is 1. The highest BCUT2D eigenvalue weighted by Crippen LogP contribution is 2.18. The summed E-state index contributed by atoms with van der Waals surface area (Å²) in [6.07, 6.45) is 6.31. The molecule has 3 heterocycles. The van der Waals surface area contributed by atoms with Gasteiger partial charge in [0, 0.05) is 30.9 Å². The van der Waals surface area contributed by atoms with E-state index >= 15 is 0 Å². The monoisotopic (exact) mass is 259 g/mol. The van der Waals surface area contributed by atoms with Crippen molar-refractivity contribution in [3.63, 3.8) is 0 Å². The van der Waals surface area contributed by atoms with E-state index in [4.69, 9.17) is 4.98 Å². The van der Waals surface area contributed by atoms with Gasteiger partial charge in [0.1, 0.15) is 5.82 Å². The van der Waals surface area contributed by atoms with Gasteiger partial charge in [-0.05, 0) is 39.3 Å². The third kappa shape index (κ3) is 2.56. The molecule has 5 nitrogen and oxygen atoms in total. The molecule has 1 atom stereocenters. The van der Waals surface area contributed by atoms with Crippen LogP contribution in [-0.2, 0) is 0 Å². The van der Waals surface area contributed by atoms with Crippen molar-refractivity contribution in [1.29, 1.82) is 0 Å². The van der Waals surface area contributed by atoms with Gasteiger partial charge in [0.05, 0.1) is 6.20 Å². The van der Waals surface area contributed by atoms with E-state index in [-0.39, 0.29) is 0 Å². The number of nitrogens with one attached hydrogen (secondary N) is 1. The summed E-state index contributed by atoms with van der Waals surface area (Å²) in [6.45, 7) is 6.61. The van der Waals surface area contributed by atoms with Crippen molar-refractivity contribution in [3.8, 4) is 0 Å². The normalized spacial score (nSPS) is 19.4. The third-order valence-electron chi connectivity index (χ3n) is 3.74. The van der Waals surface area contributed by atoms with E-state index in [2.05, 4.69) is 35.2 Å². The van der Waals surface area contributed by atoms with Crippen molar-refractivity contribution in [1.82, 2.24) is 19.9 Å². The van der Waals surface area contributed by atoms with Crippen molar-refractivity contribution in [3.05, 3.63) is 24.5 Å². The molecule has 0 aromatic carbocycles. The molecular weight excluding hydrogens is 238 g/mol. The summed E-state index contributed by atoms with van der Waals surface area (Å²) >= 11 is 0. The largest absolute Gasteiger partial charge is 0.353 e. The summed E-state index contributed by atoms with van der Waals surface area (Å²) in [7, 11) is 0. The Morgan fingerprint density at radius 2 is 2.37 bits per heavy atom. The van der Waals surface area contributed by atoms with E-state index in [1.54, 1.807) is 10.7 Å². The van der Waals surface area contributed by atoms with Gasteiger partial charge in [-0.15, -0.1) is 0 Å². The van der Waals surface area contributed by atoms with Gasteiger partial charge >= 0.3 is 0 Å².